The highest BCUT2D eigenvalue weighted by Crippen LogP contribution is 2.30. The molecule has 0 amide bonds. The maximum atomic E-state index is 13.4. The Balaban J connectivity index is 2.57. The molecule has 1 fully saturated rings. The third-order valence-electron chi connectivity index (χ3n) is 2.82. The van der Waals surface area contributed by atoms with Gasteiger partial charge >= 0.3 is 5.69 Å². The van der Waals surface area contributed by atoms with E-state index in [9.17, 15) is 22.9 Å². The van der Waals surface area contributed by atoms with Crippen molar-refractivity contribution >= 4 is 15.7 Å². The topological polar surface area (TPSA) is 80.5 Å². The highest BCUT2D eigenvalue weighted by molar-refractivity contribution is 7.89. The van der Waals surface area contributed by atoms with Crippen LogP contribution < -0.4 is 0 Å². The van der Waals surface area contributed by atoms with Crippen molar-refractivity contribution in [1.82, 2.24) is 4.31 Å². The van der Waals surface area contributed by atoms with Gasteiger partial charge < -0.3 is 0 Å². The van der Waals surface area contributed by atoms with Crippen molar-refractivity contribution in [2.45, 2.75) is 17.7 Å². The van der Waals surface area contributed by atoms with Crippen molar-refractivity contribution in [3.63, 3.8) is 0 Å². The normalized spacial score (nSPS) is 16.9. The van der Waals surface area contributed by atoms with E-state index >= 15 is 0 Å². The molecule has 98 valence electrons. The molecule has 2 rings (SSSR count). The molecule has 0 unspecified atom stereocenters. The van der Waals surface area contributed by atoms with Crippen LogP contribution in [0.15, 0.2) is 23.1 Å². The minimum absolute atomic E-state index is 0.315. The lowest BCUT2D eigenvalue weighted by molar-refractivity contribution is -0.390. The van der Waals surface area contributed by atoms with E-state index in [-0.39, 0.29) is 0 Å². The van der Waals surface area contributed by atoms with Crippen LogP contribution in [0.2, 0.25) is 0 Å². The lowest BCUT2D eigenvalue weighted by Crippen LogP contribution is -2.28. The highest BCUT2D eigenvalue weighted by Gasteiger charge is 2.35. The molecule has 1 aliphatic rings. The molecule has 0 radical (unpaired) electrons. The maximum Gasteiger partial charge on any atom is 0.324 e. The fourth-order valence-electron chi connectivity index (χ4n) is 1.95. The Morgan fingerprint density at radius 3 is 2.44 bits per heavy atom. The molecule has 1 heterocycles. The molecule has 0 atom stereocenters. The van der Waals surface area contributed by atoms with Gasteiger partial charge in [-0.05, 0) is 25.0 Å². The summed E-state index contributed by atoms with van der Waals surface area (Å²) < 4.78 is 38.9. The first kappa shape index (κ1) is 12.9. The zero-order chi connectivity index (χ0) is 13.3. The number of halogens is 1. The second-order valence-electron chi connectivity index (χ2n) is 3.95. The number of sulfonamides is 1. The number of rotatable bonds is 3. The summed E-state index contributed by atoms with van der Waals surface area (Å²) >= 11 is 0. The van der Waals surface area contributed by atoms with Crippen molar-refractivity contribution in [3.8, 4) is 0 Å². The fraction of sp³-hybridized carbons (Fsp3) is 0.400. The van der Waals surface area contributed by atoms with Crippen LogP contribution in [-0.2, 0) is 10.0 Å². The van der Waals surface area contributed by atoms with Gasteiger partial charge in [0.1, 0.15) is 0 Å². The Morgan fingerprint density at radius 2 is 1.89 bits per heavy atom. The molecule has 0 bridgehead atoms. The third kappa shape index (κ3) is 2.08. The number of hydrogen-bond donors (Lipinski definition) is 0. The average Bonchev–Trinajstić information content (AvgIpc) is 2.82. The summed E-state index contributed by atoms with van der Waals surface area (Å²) in [4.78, 5) is 9.21. The molecular formula is C10H11FN2O4S. The molecule has 0 saturated carbocycles. The SMILES string of the molecule is O=[N+]([O-])c1c(F)cccc1S(=O)(=O)N1CCCC1. The number of nitro benzene ring substituents is 1. The van der Waals surface area contributed by atoms with Crippen LogP contribution in [0.3, 0.4) is 0 Å². The zero-order valence-corrected chi connectivity index (χ0v) is 10.2. The van der Waals surface area contributed by atoms with Crippen LogP contribution in [-0.4, -0.2) is 30.7 Å². The molecule has 0 aliphatic carbocycles. The maximum absolute atomic E-state index is 13.4. The van der Waals surface area contributed by atoms with Crippen LogP contribution >= 0.6 is 0 Å². The first-order valence-corrected chi connectivity index (χ1v) is 6.81. The monoisotopic (exact) mass is 274 g/mol. The molecule has 0 N–H and O–H groups in total. The predicted molar refractivity (Wildman–Crippen MR) is 61.0 cm³/mol. The van der Waals surface area contributed by atoms with Gasteiger partial charge in [0.15, 0.2) is 4.90 Å². The molecule has 18 heavy (non-hydrogen) atoms. The number of nitro groups is 1. The van der Waals surface area contributed by atoms with Crippen molar-refractivity contribution < 1.29 is 17.7 Å². The summed E-state index contributed by atoms with van der Waals surface area (Å²) in [6, 6.07) is 3.10. The fourth-order valence-corrected chi connectivity index (χ4v) is 3.63. The molecule has 6 nitrogen and oxygen atoms in total. The standard InChI is InChI=1S/C10H11FN2O4S/c11-8-4-3-5-9(10(8)13(14)15)18(16,17)12-6-1-2-7-12/h3-5H,1-2,6-7H2. The van der Waals surface area contributed by atoms with Gasteiger partial charge in [0.2, 0.25) is 15.8 Å². The van der Waals surface area contributed by atoms with Crippen LogP contribution in [0, 0.1) is 15.9 Å². The molecule has 0 aromatic heterocycles. The smallest absolute Gasteiger partial charge is 0.258 e. The minimum atomic E-state index is -3.99. The number of benzene rings is 1. The summed E-state index contributed by atoms with van der Waals surface area (Å²) in [5.74, 6) is -1.14. The summed E-state index contributed by atoms with van der Waals surface area (Å²) in [6.45, 7) is 0.631. The van der Waals surface area contributed by atoms with Crippen LogP contribution in [0.1, 0.15) is 12.8 Å². The van der Waals surface area contributed by atoms with Gasteiger partial charge in [-0.3, -0.25) is 10.1 Å². The lowest BCUT2D eigenvalue weighted by Gasteiger charge is -2.15. The quantitative estimate of drug-likeness (QED) is 0.618. The molecule has 8 heteroatoms. The Hall–Kier alpha value is -1.54. The van der Waals surface area contributed by atoms with Gasteiger partial charge in [-0.2, -0.15) is 8.70 Å². The van der Waals surface area contributed by atoms with E-state index in [2.05, 4.69) is 0 Å². The lowest BCUT2D eigenvalue weighted by atomic mass is 10.3. The van der Waals surface area contributed by atoms with Gasteiger partial charge in [0, 0.05) is 13.1 Å². The molecule has 0 spiro atoms. The molecule has 1 aliphatic heterocycles. The van der Waals surface area contributed by atoms with E-state index in [1.165, 1.54) is 0 Å². The van der Waals surface area contributed by atoms with Crippen LogP contribution in [0.5, 0.6) is 0 Å². The van der Waals surface area contributed by atoms with Gasteiger partial charge in [0.05, 0.1) is 4.92 Å². The van der Waals surface area contributed by atoms with E-state index in [4.69, 9.17) is 0 Å². The van der Waals surface area contributed by atoms with Crippen molar-refractivity contribution in [2.24, 2.45) is 0 Å². The first-order chi connectivity index (χ1) is 8.44. The van der Waals surface area contributed by atoms with Crippen LogP contribution in [0.25, 0.3) is 0 Å². The second kappa shape index (κ2) is 4.62. The summed E-state index contributed by atoms with van der Waals surface area (Å²) in [5.41, 5.74) is -0.982. The number of nitrogens with zero attached hydrogens (tertiary/aromatic N) is 2. The average molecular weight is 274 g/mol. The number of hydrogen-bond acceptors (Lipinski definition) is 4. The Kier molecular flexibility index (Phi) is 3.31. The van der Waals surface area contributed by atoms with E-state index in [1.807, 2.05) is 0 Å². The van der Waals surface area contributed by atoms with Gasteiger partial charge in [0.25, 0.3) is 0 Å². The summed E-state index contributed by atoms with van der Waals surface area (Å²) in [6.07, 6.45) is 1.42. The highest BCUT2D eigenvalue weighted by atomic mass is 32.2. The Labute approximate surface area is 103 Å². The van der Waals surface area contributed by atoms with E-state index in [0.29, 0.717) is 25.9 Å². The van der Waals surface area contributed by atoms with Crippen molar-refractivity contribution in [1.29, 1.82) is 0 Å². The predicted octanol–water partition coefficient (Wildman–Crippen LogP) is 1.52. The largest absolute Gasteiger partial charge is 0.324 e. The summed E-state index contributed by atoms with van der Waals surface area (Å²) in [7, 11) is -3.99. The van der Waals surface area contributed by atoms with Gasteiger partial charge in [-0.1, -0.05) is 6.07 Å². The minimum Gasteiger partial charge on any atom is -0.258 e. The van der Waals surface area contributed by atoms with E-state index < -0.39 is 31.3 Å². The van der Waals surface area contributed by atoms with Crippen molar-refractivity contribution in [2.75, 3.05) is 13.1 Å². The zero-order valence-electron chi connectivity index (χ0n) is 9.37. The van der Waals surface area contributed by atoms with Crippen molar-refractivity contribution in [3.05, 3.63) is 34.1 Å². The molecular weight excluding hydrogens is 263 g/mol. The number of para-hydroxylation sites is 1. The van der Waals surface area contributed by atoms with Crippen LogP contribution in [0.4, 0.5) is 10.1 Å². The molecule has 1 aromatic rings. The van der Waals surface area contributed by atoms with Gasteiger partial charge in [-0.15, -0.1) is 0 Å². The third-order valence-corrected chi connectivity index (χ3v) is 4.75. The summed E-state index contributed by atoms with van der Waals surface area (Å²) in [5, 5.41) is 10.8. The second-order valence-corrected chi connectivity index (χ2v) is 5.86. The Bertz CT molecular complexity index is 582. The van der Waals surface area contributed by atoms with E-state index in [0.717, 1.165) is 22.5 Å². The Morgan fingerprint density at radius 1 is 1.28 bits per heavy atom. The molecule has 1 saturated heterocycles. The molecule has 1 aromatic carbocycles. The van der Waals surface area contributed by atoms with E-state index in [1.54, 1.807) is 0 Å². The van der Waals surface area contributed by atoms with Gasteiger partial charge in [-0.25, -0.2) is 8.42 Å². The first-order valence-electron chi connectivity index (χ1n) is 5.37.